The van der Waals surface area contributed by atoms with Gasteiger partial charge in [-0.05, 0) is 72.8 Å². The number of fused-ring (bicyclic) bond motifs is 3. The number of hydrogen-bond acceptors (Lipinski definition) is 16. The molecule has 3 aromatic heterocycles. The Bertz CT molecular complexity index is 2680. The van der Waals surface area contributed by atoms with Crippen molar-refractivity contribution in [3.8, 4) is 17.3 Å². The fraction of sp³-hybridized carbons (Fsp3) is 0.385. The summed E-state index contributed by atoms with van der Waals surface area (Å²) in [5.74, 6) is 1.75. The summed E-state index contributed by atoms with van der Waals surface area (Å²) in [7, 11) is -7.95. The first kappa shape index (κ1) is 41.3. The van der Waals surface area contributed by atoms with Gasteiger partial charge in [-0.15, -0.1) is 0 Å². The van der Waals surface area contributed by atoms with Gasteiger partial charge in [-0.2, -0.15) is 26.8 Å². The summed E-state index contributed by atoms with van der Waals surface area (Å²) in [4.78, 5) is 29.4. The maximum Gasteiger partial charge on any atom is 0.333 e. The zero-order valence-electron chi connectivity index (χ0n) is 32.3. The van der Waals surface area contributed by atoms with Crippen molar-refractivity contribution in [1.82, 2.24) is 34.9 Å². The number of hydrogen-bond donors (Lipinski definition) is 6. The van der Waals surface area contributed by atoms with Gasteiger partial charge in [0.25, 0.3) is 0 Å². The standard InChI is InChI=1S/C21H21N5O4S.C18H24N6O4S/c22-31(27,28)29-11-13-8-9-15(10-13)30-21-18-20(23-12-24-21)26-19(25-18)17-7-3-5-14-4-1-2-6-16(14)17;19-29(26,27)28-9-12-7-13(8-16(12)25)22-17-20-10-21-18(24-17)23-15-6-5-11-3-1-2-4-14(11)15/h1-7,12-13,15H,8-11H2,(H2,22,27,28)(H,23,24,25,26);1-4,10,12-13,15-16,25H,5-9H2,(H2,19,26,27)(H2,20,21,22,23,24)/t13-,15-;12-,13+,15-,16-/m00/s1. The second kappa shape index (κ2) is 17.7. The molecule has 0 aliphatic heterocycles. The van der Waals surface area contributed by atoms with Crippen molar-refractivity contribution in [2.75, 3.05) is 23.8 Å². The van der Waals surface area contributed by atoms with Gasteiger partial charge in [0.1, 0.15) is 30.1 Å². The second-order valence-corrected chi connectivity index (χ2v) is 17.6. The van der Waals surface area contributed by atoms with Crippen molar-refractivity contribution in [3.63, 3.8) is 0 Å². The lowest BCUT2D eigenvalue weighted by molar-refractivity contribution is 0.101. The van der Waals surface area contributed by atoms with Crippen molar-refractivity contribution in [2.45, 2.75) is 69.2 Å². The summed E-state index contributed by atoms with van der Waals surface area (Å²) in [6, 6.07) is 22.6. The average Bonchev–Trinajstić information content (AvgIpc) is 4.03. The van der Waals surface area contributed by atoms with Crippen molar-refractivity contribution >= 4 is 54.4 Å². The van der Waals surface area contributed by atoms with Crippen molar-refractivity contribution < 1.29 is 35.0 Å². The van der Waals surface area contributed by atoms with E-state index in [1.165, 1.54) is 23.8 Å². The highest BCUT2D eigenvalue weighted by molar-refractivity contribution is 7.84. The first-order valence-electron chi connectivity index (χ1n) is 19.5. The van der Waals surface area contributed by atoms with E-state index in [1.807, 2.05) is 36.4 Å². The summed E-state index contributed by atoms with van der Waals surface area (Å²) >= 11 is 0. The third-order valence-corrected chi connectivity index (χ3v) is 11.9. The second-order valence-electron chi connectivity index (χ2n) is 15.2. The maximum absolute atomic E-state index is 11.0. The van der Waals surface area contributed by atoms with E-state index in [0.29, 0.717) is 54.0 Å². The van der Waals surface area contributed by atoms with Gasteiger partial charge in [-0.1, -0.05) is 66.7 Å². The number of H-pyrrole nitrogens is 1. The van der Waals surface area contributed by atoms with Gasteiger partial charge in [0, 0.05) is 17.5 Å². The topological polar surface area (TPSA) is 285 Å². The van der Waals surface area contributed by atoms with E-state index in [-0.39, 0.29) is 43.2 Å². The molecule has 2 saturated carbocycles. The molecule has 3 aliphatic rings. The van der Waals surface area contributed by atoms with Crippen LogP contribution in [0, 0.1) is 11.8 Å². The highest BCUT2D eigenvalue weighted by atomic mass is 32.2. The Morgan fingerprint density at radius 1 is 0.767 bits per heavy atom. The summed E-state index contributed by atoms with van der Waals surface area (Å²) in [5.41, 5.74) is 4.74. The van der Waals surface area contributed by atoms with E-state index < -0.39 is 26.7 Å². The minimum absolute atomic E-state index is 0.0627. The molecule has 9 rings (SSSR count). The van der Waals surface area contributed by atoms with Crippen molar-refractivity contribution in [2.24, 2.45) is 22.1 Å². The highest BCUT2D eigenvalue weighted by Gasteiger charge is 2.35. The molecule has 0 unspecified atom stereocenters. The number of nitrogens with two attached hydrogens (primary N) is 2. The number of imidazole rings is 1. The van der Waals surface area contributed by atoms with Crippen LogP contribution in [0.25, 0.3) is 33.3 Å². The Balaban J connectivity index is 0.000000167. The van der Waals surface area contributed by atoms with Crippen molar-refractivity contribution in [3.05, 3.63) is 90.5 Å². The van der Waals surface area contributed by atoms with Crippen LogP contribution in [0.15, 0.2) is 79.4 Å². The zero-order chi connectivity index (χ0) is 41.9. The van der Waals surface area contributed by atoms with Gasteiger partial charge in [-0.25, -0.2) is 30.2 Å². The Kier molecular flexibility index (Phi) is 12.2. The molecule has 0 saturated heterocycles. The molecule has 19 nitrogen and oxygen atoms in total. The smallest absolute Gasteiger partial charge is 0.333 e. The molecule has 0 amide bonds. The van der Waals surface area contributed by atoms with Crippen LogP contribution in [0.2, 0.25) is 0 Å². The molecule has 8 N–H and O–H groups in total. The molecular formula is C39H45N11O8S2. The molecule has 6 aromatic rings. The molecular weight excluding hydrogens is 815 g/mol. The minimum Gasteiger partial charge on any atom is -0.473 e. The molecule has 60 heavy (non-hydrogen) atoms. The van der Waals surface area contributed by atoms with Crippen LogP contribution in [0.1, 0.15) is 55.7 Å². The molecule has 6 atom stereocenters. The van der Waals surface area contributed by atoms with Crippen molar-refractivity contribution in [1.29, 1.82) is 0 Å². The number of anilines is 2. The summed E-state index contributed by atoms with van der Waals surface area (Å²) in [6.07, 6.45) is 7.25. The number of nitrogens with one attached hydrogen (secondary N) is 3. The molecule has 3 aromatic carbocycles. The van der Waals surface area contributed by atoms with E-state index >= 15 is 0 Å². The maximum atomic E-state index is 11.0. The van der Waals surface area contributed by atoms with Gasteiger partial charge in [0.15, 0.2) is 5.65 Å². The number of benzene rings is 3. The van der Waals surface area contributed by atoms with Crippen LogP contribution in [0.5, 0.6) is 5.88 Å². The fourth-order valence-corrected chi connectivity index (χ4v) is 8.90. The number of aromatic amines is 1. The van der Waals surface area contributed by atoms with Crippen LogP contribution in [0.4, 0.5) is 11.9 Å². The number of aliphatic hydroxyl groups excluding tert-OH is 1. The number of aryl methyl sites for hydroxylation is 1. The van der Waals surface area contributed by atoms with Crippen LogP contribution >= 0.6 is 0 Å². The lowest BCUT2D eigenvalue weighted by Crippen LogP contribution is -2.24. The summed E-state index contributed by atoms with van der Waals surface area (Å²) in [5, 5.41) is 28.7. The van der Waals surface area contributed by atoms with E-state index in [2.05, 4.69) is 80.0 Å². The first-order chi connectivity index (χ1) is 28.8. The molecule has 2 fully saturated rings. The number of ether oxygens (including phenoxy) is 1. The predicted octanol–water partition coefficient (Wildman–Crippen LogP) is 3.68. The van der Waals surface area contributed by atoms with E-state index in [9.17, 15) is 21.9 Å². The highest BCUT2D eigenvalue weighted by Crippen LogP contribution is 2.35. The van der Waals surface area contributed by atoms with Crippen LogP contribution in [-0.4, -0.2) is 88.3 Å². The van der Waals surface area contributed by atoms with Crippen LogP contribution < -0.4 is 25.6 Å². The normalized spacial score (nSPS) is 22.6. The summed E-state index contributed by atoms with van der Waals surface area (Å²) < 4.78 is 59.4. The molecule has 3 heterocycles. The molecule has 0 bridgehead atoms. The third-order valence-electron chi connectivity index (χ3n) is 11.0. The summed E-state index contributed by atoms with van der Waals surface area (Å²) in [6.45, 7) is -0.0869. The predicted molar refractivity (Wildman–Crippen MR) is 222 cm³/mol. The Hall–Kier alpha value is -5.42. The van der Waals surface area contributed by atoms with Gasteiger partial charge < -0.3 is 25.5 Å². The quantitative estimate of drug-likeness (QED) is 0.0966. The number of aromatic nitrogens is 7. The minimum atomic E-state index is -4.02. The van der Waals surface area contributed by atoms with Gasteiger partial charge in [0.05, 0.1) is 25.4 Å². The third kappa shape index (κ3) is 10.3. The lowest BCUT2D eigenvalue weighted by Gasteiger charge is -2.16. The molecule has 0 radical (unpaired) electrons. The van der Waals surface area contributed by atoms with E-state index in [4.69, 9.17) is 19.2 Å². The van der Waals surface area contributed by atoms with Gasteiger partial charge in [0.2, 0.25) is 17.8 Å². The largest absolute Gasteiger partial charge is 0.473 e. The van der Waals surface area contributed by atoms with Gasteiger partial charge >= 0.3 is 20.6 Å². The molecule has 21 heteroatoms. The first-order valence-corrected chi connectivity index (χ1v) is 22.5. The number of aliphatic hydroxyl groups is 1. The number of rotatable bonds is 13. The molecule has 3 aliphatic carbocycles. The molecule has 316 valence electrons. The SMILES string of the molecule is NS(=O)(=O)OC[C@@H]1C[C@@H](Nc2ncnc(N[C@H]3CCc4ccccc43)n2)C[C@@H]1O.NS(=O)(=O)OC[C@H]1CC[C@H](Oc2ncnc3nc(-c4cccc5ccccc45)[nH]c23)C1. The van der Waals surface area contributed by atoms with Crippen LogP contribution in [0.3, 0.4) is 0 Å². The number of nitrogens with zero attached hydrogens (tertiary/aromatic N) is 6. The van der Waals surface area contributed by atoms with Gasteiger partial charge in [-0.3, -0.25) is 8.37 Å². The Labute approximate surface area is 346 Å². The van der Waals surface area contributed by atoms with Crippen LogP contribution in [-0.2, 0) is 35.4 Å². The van der Waals surface area contributed by atoms with E-state index in [0.717, 1.165) is 42.0 Å². The zero-order valence-corrected chi connectivity index (χ0v) is 33.9. The Morgan fingerprint density at radius 2 is 1.50 bits per heavy atom. The fourth-order valence-electron chi connectivity index (χ4n) is 8.16. The lowest BCUT2D eigenvalue weighted by atomic mass is 10.0. The average molecular weight is 860 g/mol. The van der Waals surface area contributed by atoms with E-state index in [1.54, 1.807) is 0 Å². The Morgan fingerprint density at radius 3 is 2.33 bits per heavy atom. The molecule has 0 spiro atoms. The monoisotopic (exact) mass is 859 g/mol.